The van der Waals surface area contributed by atoms with Crippen LogP contribution in [-0.2, 0) is 9.59 Å². The average Bonchev–Trinajstić information content (AvgIpc) is 2.47. The van der Waals surface area contributed by atoms with Crippen molar-refractivity contribution in [2.24, 2.45) is 5.73 Å². The Hall–Kier alpha value is -2.41. The van der Waals surface area contributed by atoms with E-state index >= 15 is 0 Å². The first kappa shape index (κ1) is 15.0. The highest BCUT2D eigenvalue weighted by atomic mass is 16.2. The van der Waals surface area contributed by atoms with Crippen LogP contribution in [0.25, 0.3) is 0 Å². The first-order valence-corrected chi connectivity index (χ1v) is 6.66. The van der Waals surface area contributed by atoms with Gasteiger partial charge in [0.2, 0.25) is 5.91 Å². The number of anilines is 1. The Balaban J connectivity index is 1.94. The maximum Gasteiger partial charge on any atom is 0.313 e. The Morgan fingerprint density at radius 3 is 2.14 bits per heavy atom. The van der Waals surface area contributed by atoms with Gasteiger partial charge in [-0.25, -0.2) is 0 Å². The smallest absolute Gasteiger partial charge is 0.313 e. The van der Waals surface area contributed by atoms with Crippen molar-refractivity contribution in [3.63, 3.8) is 0 Å². The fourth-order valence-electron chi connectivity index (χ4n) is 2.06. The third-order valence-corrected chi connectivity index (χ3v) is 3.41. The molecule has 1 fully saturated rings. The number of hydrogen-bond donors (Lipinski definition) is 2. The minimum atomic E-state index is -0.675. The summed E-state index contributed by atoms with van der Waals surface area (Å²) in [4.78, 5) is 38.5. The van der Waals surface area contributed by atoms with E-state index in [-0.39, 0.29) is 0 Å². The van der Waals surface area contributed by atoms with Crippen molar-refractivity contribution in [2.75, 3.05) is 38.5 Å². The van der Waals surface area contributed by atoms with Crippen LogP contribution in [-0.4, -0.2) is 60.7 Å². The van der Waals surface area contributed by atoms with E-state index in [0.717, 1.165) is 13.1 Å². The summed E-state index contributed by atoms with van der Waals surface area (Å²) in [6.07, 6.45) is 0. The van der Waals surface area contributed by atoms with Gasteiger partial charge in [-0.2, -0.15) is 0 Å². The van der Waals surface area contributed by atoms with E-state index in [1.807, 2.05) is 7.05 Å². The number of benzene rings is 1. The molecule has 7 heteroatoms. The number of hydrogen-bond acceptors (Lipinski definition) is 4. The molecule has 1 saturated heterocycles. The third-order valence-electron chi connectivity index (χ3n) is 3.41. The van der Waals surface area contributed by atoms with Crippen LogP contribution in [0.3, 0.4) is 0 Å². The van der Waals surface area contributed by atoms with Crippen LogP contribution in [0.2, 0.25) is 0 Å². The van der Waals surface area contributed by atoms with Gasteiger partial charge in [0, 0.05) is 37.4 Å². The number of rotatable bonds is 2. The Kier molecular flexibility index (Phi) is 4.54. The van der Waals surface area contributed by atoms with Gasteiger partial charge in [0.15, 0.2) is 0 Å². The second-order valence-electron chi connectivity index (χ2n) is 4.99. The number of nitrogens with zero attached hydrogens (tertiary/aromatic N) is 2. The molecule has 2 rings (SSSR count). The highest BCUT2D eigenvalue weighted by Crippen LogP contribution is 2.10. The lowest BCUT2D eigenvalue weighted by Crippen LogP contribution is -2.50. The highest BCUT2D eigenvalue weighted by Gasteiger charge is 2.24. The standard InChI is InChI=1S/C14H18N4O3/c1-17-6-8-18(9-7-17)14(21)13(20)16-11-4-2-10(3-5-11)12(15)19/h2-5H,6-9H2,1H3,(H2,15,19)(H,16,20). The van der Waals surface area contributed by atoms with Crippen molar-refractivity contribution < 1.29 is 14.4 Å². The first-order valence-electron chi connectivity index (χ1n) is 6.66. The molecule has 0 spiro atoms. The number of carbonyl (C=O) groups is 3. The molecule has 1 heterocycles. The highest BCUT2D eigenvalue weighted by molar-refractivity contribution is 6.39. The van der Waals surface area contributed by atoms with Crippen LogP contribution >= 0.6 is 0 Å². The van der Waals surface area contributed by atoms with E-state index in [0.29, 0.717) is 24.3 Å². The molecule has 3 amide bonds. The maximum atomic E-state index is 12.0. The molecule has 3 N–H and O–H groups in total. The van der Waals surface area contributed by atoms with Gasteiger partial charge in [0.25, 0.3) is 0 Å². The Morgan fingerprint density at radius 1 is 1.05 bits per heavy atom. The van der Waals surface area contributed by atoms with Gasteiger partial charge < -0.3 is 20.9 Å². The number of likely N-dealkylation sites (N-methyl/N-ethyl adjacent to an activating group) is 1. The van der Waals surface area contributed by atoms with Crippen LogP contribution in [0.1, 0.15) is 10.4 Å². The first-order chi connectivity index (χ1) is 9.97. The van der Waals surface area contributed by atoms with Gasteiger partial charge >= 0.3 is 11.8 Å². The lowest BCUT2D eigenvalue weighted by atomic mass is 10.2. The van der Waals surface area contributed by atoms with Crippen LogP contribution in [0, 0.1) is 0 Å². The monoisotopic (exact) mass is 290 g/mol. The Bertz CT molecular complexity index is 548. The molecule has 0 radical (unpaired) electrons. The lowest BCUT2D eigenvalue weighted by Gasteiger charge is -2.31. The molecule has 0 unspecified atom stereocenters. The van der Waals surface area contributed by atoms with Crippen molar-refractivity contribution >= 4 is 23.4 Å². The topological polar surface area (TPSA) is 95.7 Å². The van der Waals surface area contributed by atoms with E-state index in [1.165, 1.54) is 29.2 Å². The second kappa shape index (κ2) is 6.36. The van der Waals surface area contributed by atoms with Crippen LogP contribution in [0.5, 0.6) is 0 Å². The van der Waals surface area contributed by atoms with E-state index < -0.39 is 17.7 Å². The Morgan fingerprint density at radius 2 is 1.62 bits per heavy atom. The summed E-state index contributed by atoms with van der Waals surface area (Å²) in [6.45, 7) is 2.60. The van der Waals surface area contributed by atoms with Gasteiger partial charge in [-0.05, 0) is 31.3 Å². The molecular formula is C14H18N4O3. The van der Waals surface area contributed by atoms with E-state index in [9.17, 15) is 14.4 Å². The summed E-state index contributed by atoms with van der Waals surface area (Å²) in [5.41, 5.74) is 5.93. The SMILES string of the molecule is CN1CCN(C(=O)C(=O)Nc2ccc(C(N)=O)cc2)CC1. The molecule has 7 nitrogen and oxygen atoms in total. The van der Waals surface area contributed by atoms with Crippen molar-refractivity contribution in [1.29, 1.82) is 0 Å². The van der Waals surface area contributed by atoms with Gasteiger partial charge in [-0.1, -0.05) is 0 Å². The maximum absolute atomic E-state index is 12.0. The van der Waals surface area contributed by atoms with Crippen molar-refractivity contribution in [3.8, 4) is 0 Å². The predicted molar refractivity (Wildman–Crippen MR) is 77.7 cm³/mol. The normalized spacial score (nSPS) is 15.6. The van der Waals surface area contributed by atoms with E-state index in [2.05, 4.69) is 10.2 Å². The molecule has 0 saturated carbocycles. The lowest BCUT2D eigenvalue weighted by molar-refractivity contribution is -0.144. The zero-order valence-corrected chi connectivity index (χ0v) is 11.8. The summed E-state index contributed by atoms with van der Waals surface area (Å²) in [5.74, 6) is -1.75. The molecular weight excluding hydrogens is 272 g/mol. The molecule has 0 aliphatic carbocycles. The van der Waals surface area contributed by atoms with Gasteiger partial charge in [-0.3, -0.25) is 14.4 Å². The molecule has 112 valence electrons. The van der Waals surface area contributed by atoms with Crippen molar-refractivity contribution in [1.82, 2.24) is 9.80 Å². The van der Waals surface area contributed by atoms with Gasteiger partial charge in [0.1, 0.15) is 0 Å². The predicted octanol–water partition coefficient (Wildman–Crippen LogP) is -0.502. The zero-order valence-electron chi connectivity index (χ0n) is 11.8. The van der Waals surface area contributed by atoms with Crippen LogP contribution in [0.4, 0.5) is 5.69 Å². The summed E-state index contributed by atoms with van der Waals surface area (Å²) in [7, 11) is 1.97. The molecule has 1 aromatic carbocycles. The summed E-state index contributed by atoms with van der Waals surface area (Å²) in [5, 5.41) is 2.52. The fourth-order valence-corrected chi connectivity index (χ4v) is 2.06. The minimum Gasteiger partial charge on any atom is -0.366 e. The molecule has 21 heavy (non-hydrogen) atoms. The number of primary amides is 1. The third kappa shape index (κ3) is 3.79. The van der Waals surface area contributed by atoms with Gasteiger partial charge in [-0.15, -0.1) is 0 Å². The molecule has 0 aromatic heterocycles. The Labute approximate surface area is 122 Å². The largest absolute Gasteiger partial charge is 0.366 e. The zero-order chi connectivity index (χ0) is 15.4. The second-order valence-corrected chi connectivity index (χ2v) is 4.99. The number of amides is 3. The van der Waals surface area contributed by atoms with Crippen LogP contribution < -0.4 is 11.1 Å². The van der Waals surface area contributed by atoms with Gasteiger partial charge in [0.05, 0.1) is 0 Å². The van der Waals surface area contributed by atoms with Crippen molar-refractivity contribution in [3.05, 3.63) is 29.8 Å². The average molecular weight is 290 g/mol. The molecule has 0 bridgehead atoms. The molecule has 1 aliphatic rings. The van der Waals surface area contributed by atoms with Crippen LogP contribution in [0.15, 0.2) is 24.3 Å². The number of nitrogens with two attached hydrogens (primary N) is 1. The van der Waals surface area contributed by atoms with E-state index in [4.69, 9.17) is 5.73 Å². The minimum absolute atomic E-state index is 0.346. The van der Waals surface area contributed by atoms with E-state index in [1.54, 1.807) is 0 Å². The number of carbonyl (C=O) groups excluding carboxylic acids is 3. The summed E-state index contributed by atoms with van der Waals surface area (Å²) < 4.78 is 0. The molecule has 0 atom stereocenters. The number of piperazine rings is 1. The summed E-state index contributed by atoms with van der Waals surface area (Å²) >= 11 is 0. The number of nitrogens with one attached hydrogen (secondary N) is 1. The molecule has 1 aliphatic heterocycles. The quantitative estimate of drug-likeness (QED) is 0.718. The fraction of sp³-hybridized carbons (Fsp3) is 0.357. The molecule has 1 aromatic rings. The summed E-state index contributed by atoms with van der Waals surface area (Å²) in [6, 6.07) is 6.07. The van der Waals surface area contributed by atoms with Crippen molar-refractivity contribution in [2.45, 2.75) is 0 Å².